The van der Waals surface area contributed by atoms with E-state index in [4.69, 9.17) is 0 Å². The predicted molar refractivity (Wildman–Crippen MR) is 95.3 cm³/mol. The van der Waals surface area contributed by atoms with Crippen molar-refractivity contribution in [1.29, 1.82) is 0 Å². The van der Waals surface area contributed by atoms with E-state index in [1.165, 1.54) is 0 Å². The molecule has 5 nitrogen and oxygen atoms in total. The minimum atomic E-state index is -1.11. The highest BCUT2D eigenvalue weighted by molar-refractivity contribution is 6.03. The monoisotopic (exact) mass is 332 g/mol. The topological polar surface area (TPSA) is 60.9 Å². The van der Waals surface area contributed by atoms with Gasteiger partial charge in [0.25, 0.3) is 0 Å². The number of hydrogen-bond donors (Lipinski definition) is 1. The first kappa shape index (κ1) is 18.5. The lowest BCUT2D eigenvalue weighted by Gasteiger charge is -2.38. The molecule has 0 radical (unpaired) electrons. The van der Waals surface area contributed by atoms with Crippen molar-refractivity contribution in [3.63, 3.8) is 0 Å². The van der Waals surface area contributed by atoms with Crippen LogP contribution in [0.2, 0.25) is 0 Å². The number of carboxylic acids is 1. The Morgan fingerprint density at radius 1 is 1.42 bits per heavy atom. The molecule has 5 heteroatoms. The van der Waals surface area contributed by atoms with Gasteiger partial charge in [0.15, 0.2) is 0 Å². The lowest BCUT2D eigenvalue weighted by atomic mass is 9.72. The number of aryl methyl sites for hydroxylation is 2. The van der Waals surface area contributed by atoms with Crippen LogP contribution in [0.25, 0.3) is 0 Å². The number of carbonyl (C=O) groups is 2. The second-order valence-electron chi connectivity index (χ2n) is 6.98. The molecule has 1 aromatic carbocycles. The number of aliphatic carboxylic acids is 1. The smallest absolute Gasteiger partial charge is 0.313 e. The van der Waals surface area contributed by atoms with Crippen LogP contribution in [0, 0.1) is 25.2 Å². The van der Waals surface area contributed by atoms with Crippen LogP contribution in [0.3, 0.4) is 0 Å². The van der Waals surface area contributed by atoms with Crippen molar-refractivity contribution in [2.45, 2.75) is 40.7 Å². The van der Waals surface area contributed by atoms with Gasteiger partial charge in [0.1, 0.15) is 5.41 Å². The number of nitrogens with zero attached hydrogens (tertiary/aromatic N) is 2. The summed E-state index contributed by atoms with van der Waals surface area (Å²) >= 11 is 0. The van der Waals surface area contributed by atoms with E-state index in [-0.39, 0.29) is 18.5 Å². The summed E-state index contributed by atoms with van der Waals surface area (Å²) in [6.07, 6.45) is 0. The number of anilines is 1. The fourth-order valence-corrected chi connectivity index (χ4v) is 3.94. The molecule has 1 aliphatic heterocycles. The number of benzene rings is 1. The summed E-state index contributed by atoms with van der Waals surface area (Å²) in [5.41, 5.74) is 1.72. The molecule has 0 aliphatic carbocycles. The third-order valence-corrected chi connectivity index (χ3v) is 5.84. The van der Waals surface area contributed by atoms with Gasteiger partial charge in [0.05, 0.1) is 5.92 Å². The maximum absolute atomic E-state index is 13.0. The van der Waals surface area contributed by atoms with E-state index in [1.807, 2.05) is 57.8 Å². The zero-order valence-corrected chi connectivity index (χ0v) is 15.5. The molecule has 0 bridgehead atoms. The molecule has 1 fully saturated rings. The number of amides is 1. The quantitative estimate of drug-likeness (QED) is 0.900. The van der Waals surface area contributed by atoms with Gasteiger partial charge in [-0.2, -0.15) is 0 Å². The zero-order valence-electron chi connectivity index (χ0n) is 15.5. The van der Waals surface area contributed by atoms with Crippen LogP contribution >= 0.6 is 0 Å². The van der Waals surface area contributed by atoms with Crippen LogP contribution in [-0.2, 0) is 9.59 Å². The number of hydrogen-bond acceptors (Lipinski definition) is 3. The molecule has 2 rings (SSSR count). The van der Waals surface area contributed by atoms with Gasteiger partial charge < -0.3 is 14.9 Å². The normalized spacial score (nSPS) is 25.4. The van der Waals surface area contributed by atoms with Gasteiger partial charge >= 0.3 is 5.97 Å². The lowest BCUT2D eigenvalue weighted by molar-refractivity contribution is -0.156. The molecule has 24 heavy (non-hydrogen) atoms. The van der Waals surface area contributed by atoms with E-state index >= 15 is 0 Å². The van der Waals surface area contributed by atoms with Gasteiger partial charge in [-0.05, 0) is 45.5 Å². The summed E-state index contributed by atoms with van der Waals surface area (Å²) in [5, 5.41) is 10.1. The third-order valence-electron chi connectivity index (χ3n) is 5.84. The molecule has 1 unspecified atom stereocenters. The largest absolute Gasteiger partial charge is 0.481 e. The highest BCUT2D eigenvalue weighted by Crippen LogP contribution is 2.45. The molecule has 0 spiro atoms. The molecule has 1 N–H and O–H groups in total. The SMILES string of the molecule is CCN(C)C(C)[C@]1(C(=O)O)CN(c2c(C)cccc2C)C(=O)[C@H]1C. The summed E-state index contributed by atoms with van der Waals surface area (Å²) in [6, 6.07) is 5.63. The molecule has 1 amide bonds. The molecule has 3 atom stereocenters. The van der Waals surface area contributed by atoms with Crippen LogP contribution in [-0.4, -0.2) is 48.1 Å². The van der Waals surface area contributed by atoms with E-state index < -0.39 is 17.3 Å². The van der Waals surface area contributed by atoms with Crippen LogP contribution in [0.5, 0.6) is 0 Å². The Bertz CT molecular complexity index is 638. The molecule has 1 aromatic rings. The van der Waals surface area contributed by atoms with Crippen molar-refractivity contribution in [2.75, 3.05) is 25.0 Å². The average Bonchev–Trinajstić information content (AvgIpc) is 2.79. The maximum atomic E-state index is 13.0. The van der Waals surface area contributed by atoms with E-state index in [9.17, 15) is 14.7 Å². The van der Waals surface area contributed by atoms with Crippen molar-refractivity contribution in [1.82, 2.24) is 4.90 Å². The van der Waals surface area contributed by atoms with Crippen LogP contribution < -0.4 is 4.90 Å². The second kappa shape index (κ2) is 6.55. The molecule has 1 saturated heterocycles. The first-order valence-electron chi connectivity index (χ1n) is 8.49. The third kappa shape index (κ3) is 2.61. The Balaban J connectivity index is 2.55. The molecule has 1 heterocycles. The van der Waals surface area contributed by atoms with Gasteiger partial charge in [-0.25, -0.2) is 0 Å². The van der Waals surface area contributed by atoms with Crippen LogP contribution in [0.1, 0.15) is 31.9 Å². The molecular formula is C19H28N2O3. The summed E-state index contributed by atoms with van der Waals surface area (Å²) in [7, 11) is 1.91. The minimum Gasteiger partial charge on any atom is -0.481 e. The molecule has 132 valence electrons. The second-order valence-corrected chi connectivity index (χ2v) is 6.98. The highest BCUT2D eigenvalue weighted by Gasteiger charge is 2.59. The van der Waals surface area contributed by atoms with Gasteiger partial charge in [0.2, 0.25) is 5.91 Å². The van der Waals surface area contributed by atoms with E-state index in [0.29, 0.717) is 0 Å². The Morgan fingerprint density at radius 3 is 2.42 bits per heavy atom. The average molecular weight is 332 g/mol. The predicted octanol–water partition coefficient (Wildman–Crippen LogP) is 2.70. The lowest BCUT2D eigenvalue weighted by Crippen LogP contribution is -2.53. The number of carboxylic acid groups (broad SMARTS) is 1. The van der Waals surface area contributed by atoms with Gasteiger partial charge in [-0.1, -0.05) is 32.0 Å². The Labute approximate surface area is 144 Å². The highest BCUT2D eigenvalue weighted by atomic mass is 16.4. The summed E-state index contributed by atoms with van der Waals surface area (Å²) in [5.74, 6) is -1.57. The summed E-state index contributed by atoms with van der Waals surface area (Å²) < 4.78 is 0. The standard InChI is InChI=1S/C19H28N2O3/c1-7-20(6)15(5)19(18(23)24)11-21(17(22)14(19)4)16-12(2)9-8-10-13(16)3/h8-10,14-15H,7,11H2,1-6H3,(H,23,24)/t14-,15?,19+/m1/s1. The summed E-state index contributed by atoms with van der Waals surface area (Å²) in [6.45, 7) is 10.5. The molecule has 0 aromatic heterocycles. The van der Waals surface area contributed by atoms with Gasteiger partial charge in [-0.3, -0.25) is 9.59 Å². The Kier molecular flexibility index (Phi) is 5.04. The van der Waals surface area contributed by atoms with Crippen molar-refractivity contribution in [3.8, 4) is 0 Å². The van der Waals surface area contributed by atoms with Crippen molar-refractivity contribution in [3.05, 3.63) is 29.3 Å². The number of carbonyl (C=O) groups excluding carboxylic acids is 1. The maximum Gasteiger partial charge on any atom is 0.313 e. The van der Waals surface area contributed by atoms with Crippen molar-refractivity contribution < 1.29 is 14.7 Å². The Hall–Kier alpha value is -1.88. The Morgan fingerprint density at radius 2 is 1.96 bits per heavy atom. The van der Waals surface area contributed by atoms with E-state index in [0.717, 1.165) is 23.4 Å². The van der Waals surface area contributed by atoms with E-state index in [1.54, 1.807) is 11.8 Å². The molecular weight excluding hydrogens is 304 g/mol. The van der Waals surface area contributed by atoms with Crippen molar-refractivity contribution >= 4 is 17.6 Å². The van der Waals surface area contributed by atoms with Crippen molar-refractivity contribution in [2.24, 2.45) is 11.3 Å². The van der Waals surface area contributed by atoms with Gasteiger partial charge in [0, 0.05) is 18.3 Å². The van der Waals surface area contributed by atoms with Crippen LogP contribution in [0.15, 0.2) is 18.2 Å². The molecule has 1 aliphatic rings. The first-order valence-corrected chi connectivity index (χ1v) is 8.49. The minimum absolute atomic E-state index is 0.105. The van der Waals surface area contributed by atoms with Crippen LogP contribution in [0.4, 0.5) is 5.69 Å². The first-order chi connectivity index (χ1) is 11.2. The van der Waals surface area contributed by atoms with Gasteiger partial charge in [-0.15, -0.1) is 0 Å². The summed E-state index contributed by atoms with van der Waals surface area (Å²) in [4.78, 5) is 29.0. The van der Waals surface area contributed by atoms with E-state index in [2.05, 4.69) is 0 Å². The zero-order chi connectivity index (χ0) is 18.2. The molecule has 0 saturated carbocycles. The fourth-order valence-electron chi connectivity index (χ4n) is 3.94. The number of para-hydroxylation sites is 1. The number of rotatable bonds is 5. The fraction of sp³-hybridized carbons (Fsp3) is 0.579.